The lowest BCUT2D eigenvalue weighted by Crippen LogP contribution is -2.07. The number of halogens is 1. The SMILES string of the molecule is C1=CC2=C(C=I1)NCC2. The van der Waals surface area contributed by atoms with E-state index in [1.54, 1.807) is 0 Å². The maximum absolute atomic E-state index is 3.36. The quantitative estimate of drug-likeness (QED) is 0.625. The molecule has 0 unspecified atom stereocenters. The summed E-state index contributed by atoms with van der Waals surface area (Å²) in [5.41, 5.74) is 2.94. The predicted octanol–water partition coefficient (Wildman–Crippen LogP) is 1.53. The number of hydrogen-bond donors (Lipinski definition) is 1. The van der Waals surface area contributed by atoms with Crippen molar-refractivity contribution in [2.24, 2.45) is 0 Å². The molecule has 0 aliphatic carbocycles. The smallest absolute Gasteiger partial charge is 0.0431 e. The van der Waals surface area contributed by atoms with Gasteiger partial charge >= 0.3 is 0 Å². The Morgan fingerprint density at radius 2 is 2.56 bits per heavy atom. The van der Waals surface area contributed by atoms with E-state index in [2.05, 4.69) is 19.5 Å². The van der Waals surface area contributed by atoms with Gasteiger partial charge in [-0.3, -0.25) is 0 Å². The number of allylic oxidation sites excluding steroid dienone is 2. The van der Waals surface area contributed by atoms with Gasteiger partial charge in [0.1, 0.15) is 0 Å². The van der Waals surface area contributed by atoms with Gasteiger partial charge in [-0.15, -0.1) is 0 Å². The summed E-state index contributed by atoms with van der Waals surface area (Å²) in [5.74, 6) is 0. The van der Waals surface area contributed by atoms with E-state index in [0.29, 0.717) is 0 Å². The Bertz CT molecular complexity index is 191. The zero-order valence-corrected chi connectivity index (χ0v) is 7.18. The van der Waals surface area contributed by atoms with Crippen LogP contribution in [-0.4, -0.2) is 10.6 Å². The van der Waals surface area contributed by atoms with Crippen molar-refractivity contribution in [1.29, 1.82) is 0 Å². The van der Waals surface area contributed by atoms with Gasteiger partial charge in [0.05, 0.1) is 0 Å². The standard InChI is InChI=1S/C7H8IN/c1-3-8-5-7-6(1)2-4-9-7/h1,3,5,9H,2,4H2. The summed E-state index contributed by atoms with van der Waals surface area (Å²) in [5, 5.41) is 3.36. The van der Waals surface area contributed by atoms with Gasteiger partial charge in [-0.2, -0.15) is 0 Å². The van der Waals surface area contributed by atoms with Crippen molar-refractivity contribution >= 4 is 24.7 Å². The molecule has 0 aromatic carbocycles. The van der Waals surface area contributed by atoms with Crippen molar-refractivity contribution < 1.29 is 0 Å². The van der Waals surface area contributed by atoms with Crippen LogP contribution in [0.15, 0.2) is 21.4 Å². The molecule has 2 heterocycles. The molecule has 0 aromatic heterocycles. The van der Waals surface area contributed by atoms with Gasteiger partial charge in [-0.25, -0.2) is 0 Å². The van der Waals surface area contributed by atoms with Crippen molar-refractivity contribution in [2.75, 3.05) is 6.54 Å². The molecule has 48 valence electrons. The second-order valence-electron chi connectivity index (χ2n) is 2.14. The highest BCUT2D eigenvalue weighted by Gasteiger charge is 2.09. The van der Waals surface area contributed by atoms with Crippen molar-refractivity contribution in [2.45, 2.75) is 6.42 Å². The molecule has 0 fully saturated rings. The molecule has 0 atom stereocenters. The predicted molar refractivity (Wildman–Crippen MR) is 48.9 cm³/mol. The van der Waals surface area contributed by atoms with Gasteiger partial charge in [-0.05, 0) is 20.1 Å². The fourth-order valence-corrected chi connectivity index (χ4v) is 2.90. The highest BCUT2D eigenvalue weighted by atomic mass is 127. The average molecular weight is 233 g/mol. The summed E-state index contributed by atoms with van der Waals surface area (Å²) in [6.07, 6.45) is 3.51. The van der Waals surface area contributed by atoms with Crippen molar-refractivity contribution in [3.8, 4) is 0 Å². The molecule has 0 spiro atoms. The van der Waals surface area contributed by atoms with Crippen molar-refractivity contribution in [3.05, 3.63) is 21.4 Å². The first kappa shape index (κ1) is 5.65. The maximum atomic E-state index is 3.36. The average Bonchev–Trinajstić information content (AvgIpc) is 2.33. The van der Waals surface area contributed by atoms with E-state index in [4.69, 9.17) is 0 Å². The molecule has 0 radical (unpaired) electrons. The van der Waals surface area contributed by atoms with Gasteiger partial charge < -0.3 is 5.32 Å². The van der Waals surface area contributed by atoms with Gasteiger partial charge in [0, 0.05) is 12.2 Å². The molecule has 1 nitrogen and oxygen atoms in total. The molecule has 2 aliphatic heterocycles. The second-order valence-corrected chi connectivity index (χ2v) is 4.20. The largest absolute Gasteiger partial charge is 0.384 e. The summed E-state index contributed by atoms with van der Waals surface area (Å²) < 4.78 is 4.69. The summed E-state index contributed by atoms with van der Waals surface area (Å²) in [4.78, 5) is 0. The first-order valence-corrected chi connectivity index (χ1v) is 5.55. The number of nitrogens with one attached hydrogen (secondary N) is 1. The third kappa shape index (κ3) is 0.956. The molecule has 2 aliphatic rings. The van der Waals surface area contributed by atoms with E-state index < -0.39 is 0 Å². The first-order chi connectivity index (χ1) is 4.47. The molecule has 1 N–H and O–H groups in total. The Morgan fingerprint density at radius 1 is 1.56 bits per heavy atom. The first-order valence-electron chi connectivity index (χ1n) is 3.05. The van der Waals surface area contributed by atoms with E-state index in [1.165, 1.54) is 17.7 Å². The van der Waals surface area contributed by atoms with Crippen molar-refractivity contribution in [3.63, 3.8) is 0 Å². The minimum absolute atomic E-state index is 0.255. The van der Waals surface area contributed by atoms with E-state index in [-0.39, 0.29) is 20.7 Å². The topological polar surface area (TPSA) is 12.0 Å². The van der Waals surface area contributed by atoms with Crippen LogP contribution in [0.3, 0.4) is 0 Å². The molecule has 2 rings (SSSR count). The molecule has 0 amide bonds. The summed E-state index contributed by atoms with van der Waals surface area (Å²) >= 11 is 0.255. The minimum atomic E-state index is 0.255. The van der Waals surface area contributed by atoms with E-state index in [9.17, 15) is 0 Å². The Labute approximate surface area is 64.6 Å². The lowest BCUT2D eigenvalue weighted by Gasteiger charge is -1.98. The van der Waals surface area contributed by atoms with E-state index in [1.807, 2.05) is 0 Å². The third-order valence-corrected chi connectivity index (χ3v) is 3.32. The van der Waals surface area contributed by atoms with Gasteiger partial charge in [0.2, 0.25) is 0 Å². The summed E-state index contributed by atoms with van der Waals surface area (Å²) in [7, 11) is 0. The van der Waals surface area contributed by atoms with Crippen LogP contribution < -0.4 is 5.32 Å². The monoisotopic (exact) mass is 233 g/mol. The fourth-order valence-electron chi connectivity index (χ4n) is 1.07. The van der Waals surface area contributed by atoms with Crippen LogP contribution >= 0.6 is 20.7 Å². The van der Waals surface area contributed by atoms with Gasteiger partial charge in [0.25, 0.3) is 0 Å². The Balaban J connectivity index is 2.41. The molecule has 0 aromatic rings. The lowest BCUT2D eigenvalue weighted by atomic mass is 10.2. The molecule has 9 heavy (non-hydrogen) atoms. The van der Waals surface area contributed by atoms with Crippen LogP contribution in [0, 0.1) is 0 Å². The number of hydrogen-bond acceptors (Lipinski definition) is 1. The molecule has 0 saturated heterocycles. The van der Waals surface area contributed by atoms with Crippen LogP contribution in [0.2, 0.25) is 0 Å². The summed E-state index contributed by atoms with van der Waals surface area (Å²) in [6, 6.07) is 0. The van der Waals surface area contributed by atoms with Crippen molar-refractivity contribution in [1.82, 2.24) is 5.32 Å². The minimum Gasteiger partial charge on any atom is -0.384 e. The normalized spacial score (nSPS) is 23.1. The zero-order valence-electron chi connectivity index (χ0n) is 5.02. The Morgan fingerprint density at radius 3 is 3.44 bits per heavy atom. The van der Waals surface area contributed by atoms with Crippen LogP contribution in [-0.2, 0) is 0 Å². The Kier molecular flexibility index (Phi) is 1.41. The maximum Gasteiger partial charge on any atom is 0.0431 e. The van der Waals surface area contributed by atoms with E-state index in [0.717, 1.165) is 6.54 Å². The zero-order chi connectivity index (χ0) is 6.10. The van der Waals surface area contributed by atoms with Gasteiger partial charge in [0.15, 0.2) is 0 Å². The molecular weight excluding hydrogens is 225 g/mol. The molecular formula is C7H8IN. The fraction of sp³-hybridized carbons (Fsp3) is 0.286. The molecule has 0 bridgehead atoms. The Hall–Kier alpha value is -0.120. The lowest BCUT2D eigenvalue weighted by molar-refractivity contribution is 0.899. The molecule has 2 heteroatoms. The van der Waals surface area contributed by atoms with Crippen LogP contribution in [0.25, 0.3) is 0 Å². The van der Waals surface area contributed by atoms with E-state index >= 15 is 0 Å². The second kappa shape index (κ2) is 2.25. The number of rotatable bonds is 0. The van der Waals surface area contributed by atoms with Gasteiger partial charge in [-0.1, -0.05) is 26.8 Å². The highest BCUT2D eigenvalue weighted by molar-refractivity contribution is 14.2. The molecule has 0 saturated carbocycles. The van der Waals surface area contributed by atoms with Crippen LogP contribution in [0.5, 0.6) is 0 Å². The third-order valence-electron chi connectivity index (χ3n) is 1.56. The van der Waals surface area contributed by atoms with Crippen LogP contribution in [0.1, 0.15) is 6.42 Å². The van der Waals surface area contributed by atoms with Crippen LogP contribution in [0.4, 0.5) is 0 Å². The summed E-state index contributed by atoms with van der Waals surface area (Å²) in [6.45, 7) is 1.15. The highest BCUT2D eigenvalue weighted by Crippen LogP contribution is 2.20.